The zero-order valence-corrected chi connectivity index (χ0v) is 7.40. The van der Waals surface area contributed by atoms with Crippen LogP contribution in [0.25, 0.3) is 0 Å². The second kappa shape index (κ2) is 3.41. The van der Waals surface area contributed by atoms with E-state index in [1.54, 1.807) is 30.5 Å². The molecular weight excluding hydrogens is 180 g/mol. The van der Waals surface area contributed by atoms with Crippen LogP contribution in [0.5, 0.6) is 5.75 Å². The topological polar surface area (TPSA) is 61.4 Å². The lowest BCUT2D eigenvalue weighted by atomic mass is 10.1. The molecule has 1 aromatic rings. The van der Waals surface area contributed by atoms with Gasteiger partial charge in [-0.05, 0) is 12.1 Å². The van der Waals surface area contributed by atoms with Gasteiger partial charge in [0.15, 0.2) is 0 Å². The third-order valence-corrected chi connectivity index (χ3v) is 2.06. The minimum absolute atomic E-state index is 0.185. The largest absolute Gasteiger partial charge is 0.508 e. The molecule has 3 N–H and O–H groups in total. The van der Waals surface area contributed by atoms with E-state index in [9.17, 15) is 9.90 Å². The van der Waals surface area contributed by atoms with Gasteiger partial charge in [0, 0.05) is 11.8 Å². The van der Waals surface area contributed by atoms with E-state index in [1.165, 1.54) is 0 Å². The number of benzene rings is 1. The third kappa shape index (κ3) is 1.54. The molecule has 0 fully saturated rings. The summed E-state index contributed by atoms with van der Waals surface area (Å²) in [4.78, 5) is 11.0. The van der Waals surface area contributed by atoms with E-state index < -0.39 is 0 Å². The highest BCUT2D eigenvalue weighted by atomic mass is 16.3. The van der Waals surface area contributed by atoms with Crippen molar-refractivity contribution < 1.29 is 9.90 Å². The molecule has 0 saturated heterocycles. The van der Waals surface area contributed by atoms with Gasteiger partial charge in [0.05, 0.1) is 6.04 Å². The standard InChI is InChI=1S/C10H10N2O2/c13-9-4-2-1-3-7(9)8-5-6-11-10(14)12-8/h1-6,8,13H,(H2,11,12,14). The van der Waals surface area contributed by atoms with Gasteiger partial charge in [0.1, 0.15) is 5.75 Å². The number of urea groups is 1. The number of phenolic OH excluding ortho intramolecular Hbond substituents is 1. The lowest BCUT2D eigenvalue weighted by Gasteiger charge is -2.19. The first-order valence-electron chi connectivity index (χ1n) is 4.29. The number of phenols is 1. The van der Waals surface area contributed by atoms with Crippen LogP contribution in [0.15, 0.2) is 36.5 Å². The van der Waals surface area contributed by atoms with Gasteiger partial charge in [-0.25, -0.2) is 4.79 Å². The zero-order chi connectivity index (χ0) is 9.97. The maximum Gasteiger partial charge on any atom is 0.319 e. The van der Waals surface area contributed by atoms with E-state index in [4.69, 9.17) is 0 Å². The minimum atomic E-state index is -0.263. The van der Waals surface area contributed by atoms with E-state index in [-0.39, 0.29) is 17.8 Å². The number of carbonyl (C=O) groups is 1. The van der Waals surface area contributed by atoms with E-state index >= 15 is 0 Å². The summed E-state index contributed by atoms with van der Waals surface area (Å²) in [6, 6.07) is 6.40. The molecule has 1 aliphatic heterocycles. The van der Waals surface area contributed by atoms with Gasteiger partial charge in [0.25, 0.3) is 0 Å². The molecule has 2 amide bonds. The molecule has 4 heteroatoms. The van der Waals surface area contributed by atoms with Crippen LogP contribution in [-0.4, -0.2) is 11.1 Å². The van der Waals surface area contributed by atoms with Crippen molar-refractivity contribution in [1.29, 1.82) is 0 Å². The van der Waals surface area contributed by atoms with Crippen LogP contribution in [0, 0.1) is 0 Å². The van der Waals surface area contributed by atoms with Gasteiger partial charge in [-0.3, -0.25) is 0 Å². The third-order valence-electron chi connectivity index (χ3n) is 2.06. The van der Waals surface area contributed by atoms with Crippen molar-refractivity contribution in [2.24, 2.45) is 0 Å². The summed E-state index contributed by atoms with van der Waals surface area (Å²) in [5.41, 5.74) is 0.693. The number of hydrogen-bond donors (Lipinski definition) is 3. The summed E-state index contributed by atoms with van der Waals surface area (Å²) in [6.45, 7) is 0. The average Bonchev–Trinajstić information content (AvgIpc) is 2.18. The van der Waals surface area contributed by atoms with E-state index in [2.05, 4.69) is 10.6 Å². The second-order valence-electron chi connectivity index (χ2n) is 3.01. The summed E-state index contributed by atoms with van der Waals surface area (Å²) < 4.78 is 0. The molecule has 0 saturated carbocycles. The second-order valence-corrected chi connectivity index (χ2v) is 3.01. The SMILES string of the molecule is O=C1NC=CC(c2ccccc2O)N1. The molecule has 2 rings (SSSR count). The Balaban J connectivity index is 2.31. The Morgan fingerprint density at radius 2 is 2.07 bits per heavy atom. The fraction of sp³-hybridized carbons (Fsp3) is 0.100. The highest BCUT2D eigenvalue weighted by Gasteiger charge is 2.16. The first kappa shape index (κ1) is 8.62. The van der Waals surface area contributed by atoms with Crippen LogP contribution in [-0.2, 0) is 0 Å². The molecule has 0 aliphatic carbocycles. The Labute approximate surface area is 81.3 Å². The molecule has 0 radical (unpaired) electrons. The molecule has 1 atom stereocenters. The molecule has 1 unspecified atom stereocenters. The van der Waals surface area contributed by atoms with Crippen molar-refractivity contribution in [3.05, 3.63) is 42.1 Å². The highest BCUT2D eigenvalue weighted by Crippen LogP contribution is 2.24. The van der Waals surface area contributed by atoms with Gasteiger partial charge in [-0.15, -0.1) is 0 Å². The summed E-state index contributed by atoms with van der Waals surface area (Å²) in [5, 5.41) is 14.7. The van der Waals surface area contributed by atoms with Crippen molar-refractivity contribution in [1.82, 2.24) is 10.6 Å². The summed E-state index contributed by atoms with van der Waals surface area (Å²) in [7, 11) is 0. The number of para-hydroxylation sites is 1. The molecule has 0 spiro atoms. The first-order valence-corrected chi connectivity index (χ1v) is 4.29. The van der Waals surface area contributed by atoms with E-state index in [0.717, 1.165) is 0 Å². The lowest BCUT2D eigenvalue weighted by molar-refractivity contribution is 0.240. The monoisotopic (exact) mass is 190 g/mol. The van der Waals surface area contributed by atoms with Crippen molar-refractivity contribution in [2.45, 2.75) is 6.04 Å². The van der Waals surface area contributed by atoms with E-state index in [0.29, 0.717) is 5.56 Å². The van der Waals surface area contributed by atoms with Crippen LogP contribution in [0.3, 0.4) is 0 Å². The number of nitrogens with one attached hydrogen (secondary N) is 2. The zero-order valence-electron chi connectivity index (χ0n) is 7.40. The predicted molar refractivity (Wildman–Crippen MR) is 51.7 cm³/mol. The van der Waals surface area contributed by atoms with Gasteiger partial charge >= 0.3 is 6.03 Å². The molecule has 72 valence electrons. The van der Waals surface area contributed by atoms with Crippen LogP contribution in [0.2, 0.25) is 0 Å². The minimum Gasteiger partial charge on any atom is -0.508 e. The molecule has 1 heterocycles. The molecule has 14 heavy (non-hydrogen) atoms. The van der Waals surface area contributed by atoms with E-state index in [1.807, 2.05) is 6.07 Å². The summed E-state index contributed by atoms with van der Waals surface area (Å²) in [6.07, 6.45) is 3.34. The predicted octanol–water partition coefficient (Wildman–Crippen LogP) is 1.26. The van der Waals surface area contributed by atoms with Gasteiger partial charge in [-0.1, -0.05) is 18.2 Å². The molecular formula is C10H10N2O2. The first-order chi connectivity index (χ1) is 6.77. The van der Waals surface area contributed by atoms with Crippen molar-refractivity contribution >= 4 is 6.03 Å². The maximum absolute atomic E-state index is 11.0. The van der Waals surface area contributed by atoms with Crippen molar-refractivity contribution in [3.8, 4) is 5.75 Å². The molecule has 4 nitrogen and oxygen atoms in total. The van der Waals surface area contributed by atoms with Crippen LogP contribution in [0.4, 0.5) is 4.79 Å². The van der Waals surface area contributed by atoms with Gasteiger partial charge in [0.2, 0.25) is 0 Å². The molecule has 0 bridgehead atoms. The lowest BCUT2D eigenvalue weighted by Crippen LogP contribution is -2.38. The number of carbonyl (C=O) groups excluding carboxylic acids is 1. The number of rotatable bonds is 1. The maximum atomic E-state index is 11.0. The van der Waals surface area contributed by atoms with Crippen molar-refractivity contribution in [3.63, 3.8) is 0 Å². The Hall–Kier alpha value is -1.97. The average molecular weight is 190 g/mol. The number of aromatic hydroxyl groups is 1. The Kier molecular flexibility index (Phi) is 2.10. The Morgan fingerprint density at radius 1 is 1.29 bits per heavy atom. The smallest absolute Gasteiger partial charge is 0.319 e. The fourth-order valence-corrected chi connectivity index (χ4v) is 1.38. The number of amides is 2. The van der Waals surface area contributed by atoms with Crippen molar-refractivity contribution in [2.75, 3.05) is 0 Å². The summed E-state index contributed by atoms with van der Waals surface area (Å²) in [5.74, 6) is 0.185. The fourth-order valence-electron chi connectivity index (χ4n) is 1.38. The molecule has 1 aromatic carbocycles. The molecule has 1 aliphatic rings. The number of hydrogen-bond acceptors (Lipinski definition) is 2. The Morgan fingerprint density at radius 3 is 2.79 bits per heavy atom. The van der Waals surface area contributed by atoms with Crippen LogP contribution in [0.1, 0.15) is 11.6 Å². The Bertz CT molecular complexity index is 387. The molecule has 0 aromatic heterocycles. The highest BCUT2D eigenvalue weighted by molar-refractivity contribution is 5.77. The van der Waals surface area contributed by atoms with Gasteiger partial charge in [-0.2, -0.15) is 0 Å². The van der Waals surface area contributed by atoms with Crippen LogP contribution >= 0.6 is 0 Å². The van der Waals surface area contributed by atoms with Gasteiger partial charge < -0.3 is 15.7 Å². The quantitative estimate of drug-likeness (QED) is 0.624. The summed E-state index contributed by atoms with van der Waals surface area (Å²) >= 11 is 0. The van der Waals surface area contributed by atoms with Crippen LogP contribution < -0.4 is 10.6 Å². The normalized spacial score (nSPS) is 20.0.